The van der Waals surface area contributed by atoms with Crippen molar-refractivity contribution >= 4 is 12.1 Å². The maximum atomic E-state index is 11.5. The highest BCUT2D eigenvalue weighted by Crippen LogP contribution is 2.14. The summed E-state index contributed by atoms with van der Waals surface area (Å²) in [5, 5.41) is 0. The van der Waals surface area contributed by atoms with Crippen molar-refractivity contribution < 1.29 is 9.59 Å². The maximum Gasteiger partial charge on any atom is 0.209 e. The molecule has 0 spiro atoms. The molecule has 105 valence electrons. The molecule has 0 aliphatic carbocycles. The number of Topliss-reactive ketones (excluding diaryl/α,β-unsaturated/α-hetero) is 1. The minimum absolute atomic E-state index is 0.0791. The van der Waals surface area contributed by atoms with E-state index in [9.17, 15) is 9.59 Å². The summed E-state index contributed by atoms with van der Waals surface area (Å²) in [5.41, 5.74) is 0. The van der Waals surface area contributed by atoms with Gasteiger partial charge in [-0.3, -0.25) is 9.59 Å². The predicted octanol–water partition coefficient (Wildman–Crippen LogP) is 4.61. The largest absolute Gasteiger partial charge is 0.299 e. The van der Waals surface area contributed by atoms with Crippen LogP contribution in [-0.4, -0.2) is 12.1 Å². The Bertz CT molecular complexity index is 211. The van der Waals surface area contributed by atoms with Gasteiger partial charge >= 0.3 is 0 Å². The van der Waals surface area contributed by atoms with Crippen LogP contribution in [0.3, 0.4) is 0 Å². The van der Waals surface area contributed by atoms with E-state index >= 15 is 0 Å². The van der Waals surface area contributed by atoms with E-state index in [1.807, 2.05) is 13.2 Å². The van der Waals surface area contributed by atoms with Crippen LogP contribution < -0.4 is 0 Å². The fraction of sp³-hybridized carbons (Fsp3) is 0.875. The first-order valence-electron chi connectivity index (χ1n) is 7.66. The maximum absolute atomic E-state index is 11.5. The summed E-state index contributed by atoms with van der Waals surface area (Å²) in [6, 6.07) is 0. The number of hydrogen-bond acceptors (Lipinski definition) is 2. The summed E-state index contributed by atoms with van der Waals surface area (Å²) in [5.74, 6) is -0.375. The number of carbonyl (C=O) groups is 1. The van der Waals surface area contributed by atoms with Gasteiger partial charge in [0, 0.05) is 6.42 Å². The normalized spacial score (nSPS) is 12.3. The first-order chi connectivity index (χ1) is 8.76. The number of unbranched alkanes of at least 4 members (excludes halogenated alkanes) is 7. The van der Waals surface area contributed by atoms with Gasteiger partial charge in [0.2, 0.25) is 6.29 Å². The number of carbonyl (C=O) groups excluding carboxylic acids is 2. The Morgan fingerprint density at radius 3 is 1.94 bits per heavy atom. The summed E-state index contributed by atoms with van der Waals surface area (Å²) >= 11 is 0. The second-order valence-electron chi connectivity index (χ2n) is 5.15. The molecular weight excluding hydrogens is 224 g/mol. The molecule has 0 N–H and O–H groups in total. The van der Waals surface area contributed by atoms with Gasteiger partial charge in [-0.2, -0.15) is 0 Å². The van der Waals surface area contributed by atoms with Gasteiger partial charge in [-0.1, -0.05) is 65.2 Å². The second kappa shape index (κ2) is 12.8. The van der Waals surface area contributed by atoms with Crippen LogP contribution in [-0.2, 0) is 9.59 Å². The van der Waals surface area contributed by atoms with E-state index in [4.69, 9.17) is 0 Å². The van der Waals surface area contributed by atoms with Crippen LogP contribution in [0.2, 0.25) is 0 Å². The monoisotopic (exact) mass is 253 g/mol. The summed E-state index contributed by atoms with van der Waals surface area (Å²) in [6.45, 7) is 4.19. The van der Waals surface area contributed by atoms with Gasteiger partial charge in [-0.05, 0) is 12.8 Å². The standard InChI is InChI=1S/C16H29O2/c1-3-5-6-7-8-9-10-11-13-15(14-17)16(18)12-4-2/h15H,3-13H2,1-2H3. The van der Waals surface area contributed by atoms with E-state index in [-0.39, 0.29) is 5.78 Å². The van der Waals surface area contributed by atoms with Crippen LogP contribution in [0.15, 0.2) is 0 Å². The third-order valence-corrected chi connectivity index (χ3v) is 3.37. The zero-order valence-corrected chi connectivity index (χ0v) is 12.2. The minimum atomic E-state index is -0.454. The molecule has 0 bridgehead atoms. The van der Waals surface area contributed by atoms with Crippen molar-refractivity contribution in [1.29, 1.82) is 0 Å². The summed E-state index contributed by atoms with van der Waals surface area (Å²) < 4.78 is 0. The van der Waals surface area contributed by atoms with Gasteiger partial charge < -0.3 is 0 Å². The quantitative estimate of drug-likeness (QED) is 0.355. The van der Waals surface area contributed by atoms with Crippen LogP contribution in [0, 0.1) is 5.92 Å². The van der Waals surface area contributed by atoms with Crippen LogP contribution in [0.5, 0.6) is 0 Å². The average Bonchev–Trinajstić information content (AvgIpc) is 2.37. The minimum Gasteiger partial charge on any atom is -0.299 e. The topological polar surface area (TPSA) is 34.1 Å². The van der Waals surface area contributed by atoms with Crippen molar-refractivity contribution in [3.8, 4) is 0 Å². The molecule has 0 aromatic rings. The van der Waals surface area contributed by atoms with Gasteiger partial charge in [-0.15, -0.1) is 0 Å². The van der Waals surface area contributed by atoms with E-state index in [0.29, 0.717) is 12.8 Å². The van der Waals surface area contributed by atoms with Gasteiger partial charge in [0.15, 0.2) is 0 Å². The molecule has 0 aliphatic rings. The van der Waals surface area contributed by atoms with E-state index < -0.39 is 5.92 Å². The predicted molar refractivity (Wildman–Crippen MR) is 76.3 cm³/mol. The van der Waals surface area contributed by atoms with Crippen LogP contribution in [0.4, 0.5) is 0 Å². The van der Waals surface area contributed by atoms with Crippen molar-refractivity contribution in [3.05, 3.63) is 0 Å². The van der Waals surface area contributed by atoms with Gasteiger partial charge in [0.25, 0.3) is 0 Å². The van der Waals surface area contributed by atoms with Gasteiger partial charge in [0.05, 0.1) is 5.92 Å². The molecule has 1 atom stereocenters. The third-order valence-electron chi connectivity index (χ3n) is 3.37. The Kier molecular flexibility index (Phi) is 12.3. The molecule has 0 saturated carbocycles. The van der Waals surface area contributed by atoms with Gasteiger partial charge in [0.1, 0.15) is 5.78 Å². The third kappa shape index (κ3) is 9.38. The highest BCUT2D eigenvalue weighted by Gasteiger charge is 2.16. The summed E-state index contributed by atoms with van der Waals surface area (Å²) in [7, 11) is 0. The van der Waals surface area contributed by atoms with Crippen LogP contribution in [0.1, 0.15) is 84.5 Å². The lowest BCUT2D eigenvalue weighted by atomic mass is 9.95. The van der Waals surface area contributed by atoms with Crippen molar-refractivity contribution in [1.82, 2.24) is 0 Å². The number of ketones is 1. The molecule has 1 unspecified atom stereocenters. The van der Waals surface area contributed by atoms with E-state index in [1.54, 1.807) is 0 Å². The van der Waals surface area contributed by atoms with Crippen molar-refractivity contribution in [2.24, 2.45) is 5.92 Å². The molecule has 0 rings (SSSR count). The smallest absolute Gasteiger partial charge is 0.209 e. The number of hydrogen-bond donors (Lipinski definition) is 0. The van der Waals surface area contributed by atoms with Crippen LogP contribution >= 0.6 is 0 Å². The molecule has 0 amide bonds. The van der Waals surface area contributed by atoms with E-state index in [1.165, 1.54) is 38.5 Å². The average molecular weight is 253 g/mol. The first-order valence-corrected chi connectivity index (χ1v) is 7.66. The molecule has 2 nitrogen and oxygen atoms in total. The molecule has 0 heterocycles. The SMILES string of the molecule is CCCCCCCCCCC([C]=O)C(=O)CCC. The molecule has 0 saturated heterocycles. The summed E-state index contributed by atoms with van der Waals surface area (Å²) in [4.78, 5) is 22.3. The van der Waals surface area contributed by atoms with Crippen molar-refractivity contribution in [2.75, 3.05) is 0 Å². The molecule has 1 radical (unpaired) electrons. The zero-order chi connectivity index (χ0) is 13.6. The van der Waals surface area contributed by atoms with Gasteiger partial charge in [-0.25, -0.2) is 0 Å². The first kappa shape index (κ1) is 17.3. The van der Waals surface area contributed by atoms with Crippen molar-refractivity contribution in [2.45, 2.75) is 84.5 Å². The molecule has 0 aliphatic heterocycles. The Labute approximate surface area is 113 Å². The van der Waals surface area contributed by atoms with Crippen LogP contribution in [0.25, 0.3) is 0 Å². The van der Waals surface area contributed by atoms with E-state index in [2.05, 4.69) is 6.92 Å². The molecule has 2 heteroatoms. The van der Waals surface area contributed by atoms with Crippen molar-refractivity contribution in [3.63, 3.8) is 0 Å². The lowest BCUT2D eigenvalue weighted by molar-refractivity contribution is -0.121. The summed E-state index contributed by atoms with van der Waals surface area (Å²) in [6.07, 6.45) is 13.9. The molecular formula is C16H29O2. The fourth-order valence-electron chi connectivity index (χ4n) is 2.19. The Morgan fingerprint density at radius 2 is 1.44 bits per heavy atom. The lowest BCUT2D eigenvalue weighted by Gasteiger charge is -2.07. The van der Waals surface area contributed by atoms with E-state index in [0.717, 1.165) is 19.3 Å². The lowest BCUT2D eigenvalue weighted by Crippen LogP contribution is -2.15. The molecule has 0 aromatic carbocycles. The Morgan fingerprint density at radius 1 is 0.889 bits per heavy atom. The Balaban J connectivity index is 3.45. The molecule has 0 aromatic heterocycles. The fourth-order valence-corrected chi connectivity index (χ4v) is 2.19. The highest BCUT2D eigenvalue weighted by molar-refractivity contribution is 5.93. The number of rotatable bonds is 13. The Hall–Kier alpha value is -0.660. The molecule has 0 fully saturated rings. The zero-order valence-electron chi connectivity index (χ0n) is 12.2. The molecule has 18 heavy (non-hydrogen) atoms. The highest BCUT2D eigenvalue weighted by atomic mass is 16.1. The second-order valence-corrected chi connectivity index (χ2v) is 5.15.